The molecule has 0 radical (unpaired) electrons. The molecule has 0 atom stereocenters. The first kappa shape index (κ1) is 23.8. The van der Waals surface area contributed by atoms with Crippen molar-refractivity contribution in [1.29, 1.82) is 0 Å². The molecular weight excluding hydrogens is 440 g/mol. The molecule has 0 aliphatic heterocycles. The Morgan fingerprint density at radius 2 is 1.62 bits per heavy atom. The van der Waals surface area contributed by atoms with E-state index in [-0.39, 0.29) is 17.0 Å². The maximum Gasteiger partial charge on any atom is 0.343 e. The monoisotopic (exact) mass is 460 g/mol. The van der Waals surface area contributed by atoms with Gasteiger partial charge in [0.25, 0.3) is 5.69 Å². The van der Waals surface area contributed by atoms with Crippen LogP contribution in [-0.2, 0) is 9.59 Å². The highest BCUT2D eigenvalue weighted by atomic mass is 16.6. The minimum absolute atomic E-state index is 0.139. The van der Waals surface area contributed by atoms with Crippen molar-refractivity contribution in [2.75, 3.05) is 5.32 Å². The maximum absolute atomic E-state index is 12.2. The van der Waals surface area contributed by atoms with E-state index in [1.165, 1.54) is 42.6 Å². The fourth-order valence-electron chi connectivity index (χ4n) is 2.99. The molecule has 3 aromatic rings. The first-order chi connectivity index (χ1) is 16.2. The number of rotatable bonds is 6. The van der Waals surface area contributed by atoms with Gasteiger partial charge in [-0.3, -0.25) is 19.7 Å². The quantitative estimate of drug-likeness (QED) is 0.144. The number of nitrogens with zero attached hydrogens (tertiary/aromatic N) is 2. The van der Waals surface area contributed by atoms with Crippen molar-refractivity contribution in [1.82, 2.24) is 5.43 Å². The van der Waals surface area contributed by atoms with Crippen molar-refractivity contribution in [2.24, 2.45) is 5.10 Å². The summed E-state index contributed by atoms with van der Waals surface area (Å²) in [6, 6.07) is 16.7. The molecule has 0 bridgehead atoms. The molecule has 0 unspecified atom stereocenters. The number of hydrazone groups is 1. The van der Waals surface area contributed by atoms with Gasteiger partial charge in [-0.2, -0.15) is 5.10 Å². The fourth-order valence-corrected chi connectivity index (χ4v) is 2.99. The average Bonchev–Trinajstić information content (AvgIpc) is 2.78. The van der Waals surface area contributed by atoms with Gasteiger partial charge < -0.3 is 10.1 Å². The molecule has 0 aliphatic carbocycles. The van der Waals surface area contributed by atoms with Crippen LogP contribution in [0.3, 0.4) is 0 Å². The zero-order valence-electron chi connectivity index (χ0n) is 18.3. The number of nitro groups is 1. The van der Waals surface area contributed by atoms with E-state index in [1.807, 2.05) is 19.9 Å². The predicted octanol–water partition coefficient (Wildman–Crippen LogP) is 3.52. The number of amides is 2. The van der Waals surface area contributed by atoms with Crippen LogP contribution in [0.25, 0.3) is 0 Å². The zero-order valence-corrected chi connectivity index (χ0v) is 18.3. The maximum atomic E-state index is 12.2. The lowest BCUT2D eigenvalue weighted by atomic mass is 10.1. The van der Waals surface area contributed by atoms with Gasteiger partial charge in [-0.25, -0.2) is 10.2 Å². The summed E-state index contributed by atoms with van der Waals surface area (Å²) >= 11 is 0. The van der Waals surface area contributed by atoms with E-state index in [9.17, 15) is 24.5 Å². The zero-order chi connectivity index (χ0) is 24.7. The second-order valence-electron chi connectivity index (χ2n) is 7.30. The summed E-state index contributed by atoms with van der Waals surface area (Å²) in [4.78, 5) is 46.4. The molecule has 0 saturated carbocycles. The molecule has 10 heteroatoms. The van der Waals surface area contributed by atoms with Gasteiger partial charge in [-0.15, -0.1) is 0 Å². The topological polar surface area (TPSA) is 140 Å². The predicted molar refractivity (Wildman–Crippen MR) is 125 cm³/mol. The molecule has 34 heavy (non-hydrogen) atoms. The Bertz CT molecular complexity index is 1260. The molecule has 0 fully saturated rings. The van der Waals surface area contributed by atoms with Crippen LogP contribution in [0.1, 0.15) is 27.0 Å². The Kier molecular flexibility index (Phi) is 7.45. The smallest absolute Gasteiger partial charge is 0.343 e. The lowest BCUT2D eigenvalue weighted by molar-refractivity contribution is -0.384. The standard InChI is InChI=1S/C24H20N4O6/c1-15-10-16(2)12-19(11-15)26-22(29)23(30)27-25-14-17-4-3-5-21(13-17)34-24(31)18-6-8-20(9-7-18)28(32)33/h3-14H,1-2H3,(H,26,29)(H,27,30)/b25-14+. The van der Waals surface area contributed by atoms with Gasteiger partial charge in [0.05, 0.1) is 16.7 Å². The molecule has 10 nitrogen and oxygen atoms in total. The van der Waals surface area contributed by atoms with Crippen molar-refractivity contribution in [3.8, 4) is 5.75 Å². The largest absolute Gasteiger partial charge is 0.423 e. The first-order valence-corrected chi connectivity index (χ1v) is 10.0. The Labute approximate surface area is 194 Å². The van der Waals surface area contributed by atoms with E-state index in [0.717, 1.165) is 11.1 Å². The number of hydrogen-bond acceptors (Lipinski definition) is 7. The Hall–Kier alpha value is -4.86. The number of nitrogens with one attached hydrogen (secondary N) is 2. The number of hydrogen-bond donors (Lipinski definition) is 2. The number of esters is 1. The Morgan fingerprint density at radius 1 is 0.941 bits per heavy atom. The lowest BCUT2D eigenvalue weighted by Gasteiger charge is -2.06. The van der Waals surface area contributed by atoms with Gasteiger partial charge in [0.2, 0.25) is 0 Å². The number of benzene rings is 3. The van der Waals surface area contributed by atoms with E-state index in [2.05, 4.69) is 15.8 Å². The molecule has 3 aromatic carbocycles. The van der Waals surface area contributed by atoms with E-state index in [0.29, 0.717) is 11.3 Å². The summed E-state index contributed by atoms with van der Waals surface area (Å²) < 4.78 is 5.27. The molecule has 0 saturated heterocycles. The Balaban J connectivity index is 1.57. The summed E-state index contributed by atoms with van der Waals surface area (Å²) in [5.74, 6) is -2.31. The average molecular weight is 460 g/mol. The number of carbonyl (C=O) groups is 3. The number of carbonyl (C=O) groups excluding carboxylic acids is 3. The minimum Gasteiger partial charge on any atom is -0.423 e. The van der Waals surface area contributed by atoms with Gasteiger partial charge in [-0.1, -0.05) is 18.2 Å². The number of aryl methyl sites for hydroxylation is 2. The molecule has 0 spiro atoms. The van der Waals surface area contributed by atoms with E-state index in [4.69, 9.17) is 4.74 Å². The number of anilines is 1. The van der Waals surface area contributed by atoms with Gasteiger partial charge in [0.15, 0.2) is 0 Å². The molecule has 2 amide bonds. The van der Waals surface area contributed by atoms with Crippen molar-refractivity contribution < 1.29 is 24.0 Å². The fraction of sp³-hybridized carbons (Fsp3) is 0.0833. The molecular formula is C24H20N4O6. The minimum atomic E-state index is -0.948. The lowest BCUT2D eigenvalue weighted by Crippen LogP contribution is -2.32. The summed E-state index contributed by atoms with van der Waals surface area (Å²) in [7, 11) is 0. The number of ether oxygens (including phenoxy) is 1. The summed E-state index contributed by atoms with van der Waals surface area (Å²) in [6.45, 7) is 3.76. The SMILES string of the molecule is Cc1cc(C)cc(NC(=O)C(=O)N/N=C/c2cccc(OC(=O)c3ccc([N+](=O)[O-])cc3)c2)c1. The molecule has 0 aliphatic rings. The second kappa shape index (κ2) is 10.6. The van der Waals surface area contributed by atoms with Crippen LogP contribution < -0.4 is 15.5 Å². The second-order valence-corrected chi connectivity index (χ2v) is 7.30. The van der Waals surface area contributed by atoms with E-state index >= 15 is 0 Å². The van der Waals surface area contributed by atoms with Gasteiger partial charge in [-0.05, 0) is 66.9 Å². The van der Waals surface area contributed by atoms with Crippen LogP contribution in [-0.4, -0.2) is 28.9 Å². The summed E-state index contributed by atoms with van der Waals surface area (Å²) in [5.41, 5.74) is 5.03. The first-order valence-electron chi connectivity index (χ1n) is 10.0. The highest BCUT2D eigenvalue weighted by molar-refractivity contribution is 6.39. The third kappa shape index (κ3) is 6.57. The van der Waals surface area contributed by atoms with Crippen molar-refractivity contribution >= 4 is 35.4 Å². The van der Waals surface area contributed by atoms with Crippen molar-refractivity contribution in [2.45, 2.75) is 13.8 Å². The summed E-state index contributed by atoms with van der Waals surface area (Å²) in [5, 5.41) is 17.0. The normalized spacial score (nSPS) is 10.5. The molecule has 172 valence electrons. The van der Waals surface area contributed by atoms with Crippen LogP contribution in [0, 0.1) is 24.0 Å². The molecule has 3 rings (SSSR count). The van der Waals surface area contributed by atoms with Crippen LogP contribution in [0.2, 0.25) is 0 Å². The summed E-state index contributed by atoms with van der Waals surface area (Å²) in [6.07, 6.45) is 1.28. The van der Waals surface area contributed by atoms with Crippen LogP contribution in [0.5, 0.6) is 5.75 Å². The van der Waals surface area contributed by atoms with Crippen molar-refractivity contribution in [3.05, 3.63) is 99.1 Å². The molecule has 0 aromatic heterocycles. The van der Waals surface area contributed by atoms with E-state index < -0.39 is 22.7 Å². The third-order valence-electron chi connectivity index (χ3n) is 4.45. The van der Waals surface area contributed by atoms with Crippen LogP contribution in [0.4, 0.5) is 11.4 Å². The highest BCUT2D eigenvalue weighted by Gasteiger charge is 2.14. The van der Waals surface area contributed by atoms with Gasteiger partial charge >= 0.3 is 17.8 Å². The van der Waals surface area contributed by atoms with Crippen molar-refractivity contribution in [3.63, 3.8) is 0 Å². The van der Waals surface area contributed by atoms with E-state index in [1.54, 1.807) is 24.3 Å². The molecule has 2 N–H and O–H groups in total. The van der Waals surface area contributed by atoms with Gasteiger partial charge in [0, 0.05) is 17.8 Å². The third-order valence-corrected chi connectivity index (χ3v) is 4.45. The highest BCUT2D eigenvalue weighted by Crippen LogP contribution is 2.17. The number of non-ortho nitro benzene ring substituents is 1. The van der Waals surface area contributed by atoms with Crippen LogP contribution in [0.15, 0.2) is 71.8 Å². The molecule has 0 heterocycles. The number of nitro benzene ring substituents is 1. The van der Waals surface area contributed by atoms with Gasteiger partial charge in [0.1, 0.15) is 5.75 Å². The Morgan fingerprint density at radius 3 is 2.26 bits per heavy atom. The van der Waals surface area contributed by atoms with Crippen LogP contribution >= 0.6 is 0 Å².